The van der Waals surface area contributed by atoms with Crippen molar-refractivity contribution in [2.75, 3.05) is 5.73 Å². The average molecular weight is 522 g/mol. The summed E-state index contributed by atoms with van der Waals surface area (Å²) in [6, 6.07) is 5.40. The Bertz CT molecular complexity index is 1540. The average Bonchev–Trinajstić information content (AvgIpc) is 2.94. The van der Waals surface area contributed by atoms with Crippen molar-refractivity contribution in [3.63, 3.8) is 0 Å². The van der Waals surface area contributed by atoms with Crippen molar-refractivity contribution in [1.82, 2.24) is 9.78 Å². The van der Waals surface area contributed by atoms with Crippen LogP contribution in [-0.2, 0) is 20.2 Å². The molecule has 1 aromatic heterocycles. The fourth-order valence-electron chi connectivity index (χ4n) is 2.64. The Hall–Kier alpha value is -2.75. The van der Waals surface area contributed by atoms with Crippen molar-refractivity contribution < 1.29 is 25.9 Å². The van der Waals surface area contributed by atoms with Gasteiger partial charge in [-0.1, -0.05) is 23.2 Å². The minimum atomic E-state index is -4.67. The van der Waals surface area contributed by atoms with Crippen molar-refractivity contribution in [3.05, 3.63) is 56.4 Å². The highest BCUT2D eigenvalue weighted by molar-refractivity contribution is 7.86. The van der Waals surface area contributed by atoms with Gasteiger partial charge in [0.25, 0.3) is 25.8 Å². The lowest BCUT2D eigenvalue weighted by molar-refractivity contribution is 0.481. The third-order valence-electron chi connectivity index (χ3n) is 4.08. The van der Waals surface area contributed by atoms with Crippen LogP contribution < -0.4 is 11.3 Å². The summed E-state index contributed by atoms with van der Waals surface area (Å²) < 4.78 is 65.2. The number of nitrogens with one attached hydrogen (secondary N) is 1. The number of H-pyrrole nitrogens is 1. The second-order valence-electron chi connectivity index (χ2n) is 6.34. The highest BCUT2D eigenvalue weighted by atomic mass is 35.5. The summed E-state index contributed by atoms with van der Waals surface area (Å²) >= 11 is 11.9. The van der Waals surface area contributed by atoms with E-state index in [9.17, 15) is 30.7 Å². The van der Waals surface area contributed by atoms with Gasteiger partial charge in [0.1, 0.15) is 15.5 Å². The van der Waals surface area contributed by atoms with Gasteiger partial charge in [-0.05, 0) is 37.3 Å². The number of anilines is 1. The van der Waals surface area contributed by atoms with E-state index in [1.54, 1.807) is 0 Å². The van der Waals surface area contributed by atoms with Crippen LogP contribution in [0.2, 0.25) is 10.0 Å². The molecule has 0 aliphatic carbocycles. The Morgan fingerprint density at radius 2 is 1.59 bits per heavy atom. The number of rotatable bonds is 5. The van der Waals surface area contributed by atoms with Crippen molar-refractivity contribution in [1.29, 1.82) is 0 Å². The van der Waals surface area contributed by atoms with E-state index in [0.29, 0.717) is 0 Å². The third kappa shape index (κ3) is 4.69. The molecule has 2 aromatic carbocycles. The minimum Gasteiger partial charge on any atom is -0.399 e. The van der Waals surface area contributed by atoms with Gasteiger partial charge in [0, 0.05) is 5.69 Å². The van der Waals surface area contributed by atoms with E-state index >= 15 is 0 Å². The largest absolute Gasteiger partial charge is 0.399 e. The van der Waals surface area contributed by atoms with Crippen LogP contribution in [0.1, 0.15) is 5.69 Å². The van der Waals surface area contributed by atoms with Crippen LogP contribution in [0.15, 0.2) is 55.1 Å². The van der Waals surface area contributed by atoms with Gasteiger partial charge in [0.05, 0.1) is 21.4 Å². The number of azo groups is 1. The zero-order valence-electron chi connectivity index (χ0n) is 15.8. The predicted octanol–water partition coefficient (Wildman–Crippen LogP) is 3.27. The van der Waals surface area contributed by atoms with E-state index < -0.39 is 40.6 Å². The van der Waals surface area contributed by atoms with Gasteiger partial charge in [-0.25, -0.2) is 4.68 Å². The maximum absolute atomic E-state index is 12.8. The molecule has 16 heteroatoms. The van der Waals surface area contributed by atoms with Gasteiger partial charge in [0.2, 0.25) is 0 Å². The molecule has 0 radical (unpaired) electrons. The molecule has 0 saturated heterocycles. The molecule has 3 aromatic rings. The molecule has 0 fully saturated rings. The lowest BCUT2D eigenvalue weighted by Gasteiger charge is -2.08. The molecule has 0 amide bonds. The standard InChI is InChI=1S/C16H13Cl2N5O7S2/c1-7-15(21-20-11-3-2-8(19)4-14(11)32(28,29)30)16(24)23(22-7)12-5-10(18)13(6-9(12)17)31(25,26)27/h2-6,22H,19H2,1H3,(H,25,26,27)(H,28,29,30). The van der Waals surface area contributed by atoms with E-state index in [1.807, 2.05) is 0 Å². The Balaban J connectivity index is 2.12. The first-order valence-electron chi connectivity index (χ1n) is 8.27. The van der Waals surface area contributed by atoms with Crippen LogP contribution in [0, 0.1) is 6.92 Å². The molecular weight excluding hydrogens is 509 g/mol. The van der Waals surface area contributed by atoms with E-state index in [2.05, 4.69) is 15.3 Å². The summed E-state index contributed by atoms with van der Waals surface area (Å²) in [5.74, 6) is 0. The van der Waals surface area contributed by atoms with Crippen LogP contribution in [0.5, 0.6) is 0 Å². The minimum absolute atomic E-state index is 0.0512. The summed E-state index contributed by atoms with van der Waals surface area (Å²) in [6.07, 6.45) is 0. The third-order valence-corrected chi connectivity index (χ3v) is 6.58. The van der Waals surface area contributed by atoms with Crippen molar-refractivity contribution in [3.8, 4) is 5.69 Å². The number of aryl methyl sites for hydroxylation is 1. The number of nitrogens with zero attached hydrogens (tertiary/aromatic N) is 3. The highest BCUT2D eigenvalue weighted by Gasteiger charge is 2.21. The van der Waals surface area contributed by atoms with E-state index in [-0.39, 0.29) is 33.5 Å². The van der Waals surface area contributed by atoms with Gasteiger partial charge in [-0.2, -0.15) is 16.8 Å². The smallest absolute Gasteiger partial charge is 0.299 e. The van der Waals surface area contributed by atoms with Crippen LogP contribution in [0.3, 0.4) is 0 Å². The molecule has 0 saturated carbocycles. The Morgan fingerprint density at radius 3 is 2.19 bits per heavy atom. The summed E-state index contributed by atoms with van der Waals surface area (Å²) in [5, 5.41) is 9.51. The van der Waals surface area contributed by atoms with E-state index in [0.717, 1.165) is 22.9 Å². The number of hydrogen-bond donors (Lipinski definition) is 4. The van der Waals surface area contributed by atoms with E-state index in [1.165, 1.54) is 19.1 Å². The lowest BCUT2D eigenvalue weighted by atomic mass is 10.3. The second-order valence-corrected chi connectivity index (χ2v) is 9.93. The number of hydrogen-bond acceptors (Lipinski definition) is 8. The molecule has 12 nitrogen and oxygen atoms in total. The van der Waals surface area contributed by atoms with Crippen molar-refractivity contribution >= 4 is 60.5 Å². The van der Waals surface area contributed by atoms with Gasteiger partial charge in [-0.3, -0.25) is 19.0 Å². The quantitative estimate of drug-likeness (QED) is 0.222. The second kappa shape index (κ2) is 8.31. The molecule has 170 valence electrons. The molecule has 0 aliphatic rings. The first kappa shape index (κ1) is 23.9. The summed E-state index contributed by atoms with van der Waals surface area (Å²) in [6.45, 7) is 1.46. The van der Waals surface area contributed by atoms with Gasteiger partial charge in [-0.15, -0.1) is 10.2 Å². The Kier molecular flexibility index (Phi) is 6.21. The van der Waals surface area contributed by atoms with Gasteiger partial charge in [0.15, 0.2) is 5.69 Å². The molecule has 0 unspecified atom stereocenters. The maximum atomic E-state index is 12.8. The molecule has 0 atom stereocenters. The van der Waals surface area contributed by atoms with E-state index in [4.69, 9.17) is 28.9 Å². The summed E-state index contributed by atoms with van der Waals surface area (Å²) in [5.41, 5.74) is 4.42. The van der Waals surface area contributed by atoms with Crippen LogP contribution in [-0.4, -0.2) is 35.7 Å². The number of nitrogen functional groups attached to an aromatic ring is 1. The molecule has 32 heavy (non-hydrogen) atoms. The van der Waals surface area contributed by atoms with Gasteiger partial charge >= 0.3 is 0 Å². The fraction of sp³-hybridized carbons (Fsp3) is 0.0625. The number of aromatic amines is 1. The number of halogens is 2. The van der Waals surface area contributed by atoms with Crippen molar-refractivity contribution in [2.45, 2.75) is 16.7 Å². The number of benzene rings is 2. The molecule has 0 aliphatic heterocycles. The molecule has 5 N–H and O–H groups in total. The topological polar surface area (TPSA) is 197 Å². The van der Waals surface area contributed by atoms with Crippen LogP contribution >= 0.6 is 23.2 Å². The Morgan fingerprint density at radius 1 is 0.969 bits per heavy atom. The maximum Gasteiger partial charge on any atom is 0.299 e. The SMILES string of the molecule is Cc1[nH]n(-c2cc(Cl)c(S(=O)(=O)O)cc2Cl)c(=O)c1N=Nc1ccc(N)cc1S(=O)(=O)O. The first-order chi connectivity index (χ1) is 14.7. The molecule has 1 heterocycles. The zero-order chi connectivity index (χ0) is 24.0. The number of aromatic nitrogens is 2. The van der Waals surface area contributed by atoms with Crippen molar-refractivity contribution in [2.24, 2.45) is 10.2 Å². The lowest BCUT2D eigenvalue weighted by Crippen LogP contribution is -2.15. The molecule has 0 bridgehead atoms. The fourth-order valence-corrected chi connectivity index (χ4v) is 4.63. The molecule has 3 rings (SSSR count). The molecular formula is C16H13Cl2N5O7S2. The highest BCUT2D eigenvalue weighted by Crippen LogP contribution is 2.31. The first-order valence-corrected chi connectivity index (χ1v) is 11.9. The summed E-state index contributed by atoms with van der Waals surface area (Å²) in [4.78, 5) is 11.6. The monoisotopic (exact) mass is 521 g/mol. The summed E-state index contributed by atoms with van der Waals surface area (Å²) in [7, 11) is -9.32. The molecule has 0 spiro atoms. The Labute approximate surface area is 190 Å². The van der Waals surface area contributed by atoms with Gasteiger partial charge < -0.3 is 5.73 Å². The normalized spacial score (nSPS) is 12.5. The number of nitrogens with two attached hydrogens (primary N) is 1. The predicted molar refractivity (Wildman–Crippen MR) is 116 cm³/mol. The van der Waals surface area contributed by atoms with Crippen LogP contribution in [0.4, 0.5) is 17.1 Å². The van der Waals surface area contributed by atoms with Crippen LogP contribution in [0.25, 0.3) is 5.69 Å². The zero-order valence-corrected chi connectivity index (χ0v) is 19.0.